The van der Waals surface area contributed by atoms with Crippen molar-refractivity contribution < 1.29 is 0 Å². The fourth-order valence-corrected chi connectivity index (χ4v) is 1.34. The number of rotatable bonds is 4. The fourth-order valence-electron chi connectivity index (χ4n) is 1.13. The van der Waals surface area contributed by atoms with Gasteiger partial charge in [-0.3, -0.25) is 4.68 Å². The normalized spacial score (nSPS) is 13.6. The third-order valence-electron chi connectivity index (χ3n) is 1.79. The van der Waals surface area contributed by atoms with E-state index in [4.69, 9.17) is 0 Å². The van der Waals surface area contributed by atoms with E-state index in [2.05, 4.69) is 47.0 Å². The van der Waals surface area contributed by atoms with Crippen molar-refractivity contribution in [3.8, 4) is 0 Å². The molecule has 1 rings (SSSR count). The van der Waals surface area contributed by atoms with Crippen molar-refractivity contribution in [2.24, 2.45) is 5.92 Å². The van der Waals surface area contributed by atoms with Gasteiger partial charge in [-0.25, -0.2) is 0 Å². The van der Waals surface area contributed by atoms with Crippen LogP contribution < -0.4 is 0 Å². The minimum absolute atomic E-state index is 0.341. The molecule has 4 heteroatoms. The third-order valence-corrected chi connectivity index (χ3v) is 2.90. The molecule has 1 heterocycles. The maximum atomic E-state index is 4.11. The quantitative estimate of drug-likeness (QED) is 0.765. The minimum Gasteiger partial charge on any atom is -0.252 e. The molecule has 0 aliphatic rings. The van der Waals surface area contributed by atoms with Crippen LogP contribution in [0.2, 0.25) is 0 Å². The Labute approximate surface area is 87.6 Å². The average Bonchev–Trinajstić information content (AvgIpc) is 2.50. The molecule has 0 saturated carbocycles. The first-order chi connectivity index (χ1) is 6.13. The van der Waals surface area contributed by atoms with E-state index in [1.807, 2.05) is 10.9 Å². The zero-order chi connectivity index (χ0) is 9.84. The lowest BCUT2D eigenvalue weighted by atomic mass is 10.2. The number of hydrogen-bond acceptors (Lipinski definition) is 2. The van der Waals surface area contributed by atoms with Gasteiger partial charge in [0.1, 0.15) is 0 Å². The van der Waals surface area contributed by atoms with Gasteiger partial charge in [0.05, 0.1) is 10.5 Å². The summed E-state index contributed by atoms with van der Waals surface area (Å²) in [7, 11) is 0. The second-order valence-corrected chi connectivity index (χ2v) is 4.74. The molecule has 0 saturated heterocycles. The van der Waals surface area contributed by atoms with E-state index >= 15 is 0 Å². The van der Waals surface area contributed by atoms with E-state index < -0.39 is 0 Å². The van der Waals surface area contributed by atoms with Crippen molar-refractivity contribution in [2.45, 2.75) is 38.6 Å². The molecule has 1 atom stereocenters. The number of alkyl halides is 1. The maximum Gasteiger partial charge on any atom is 0.0963 e. The summed E-state index contributed by atoms with van der Waals surface area (Å²) in [6, 6.07) is 0. The highest BCUT2D eigenvalue weighted by Crippen LogP contribution is 2.23. The van der Waals surface area contributed by atoms with Gasteiger partial charge < -0.3 is 0 Å². The molecule has 0 N–H and O–H groups in total. The Morgan fingerprint density at radius 2 is 2.23 bits per heavy atom. The zero-order valence-corrected chi connectivity index (χ0v) is 9.95. The molecule has 13 heavy (non-hydrogen) atoms. The molecule has 0 aromatic carbocycles. The van der Waals surface area contributed by atoms with Gasteiger partial charge in [-0.1, -0.05) is 41.9 Å². The first-order valence-corrected chi connectivity index (χ1v) is 5.59. The summed E-state index contributed by atoms with van der Waals surface area (Å²) < 4.78 is 1.91. The summed E-state index contributed by atoms with van der Waals surface area (Å²) in [5, 5.41) is 8.17. The zero-order valence-electron chi connectivity index (χ0n) is 8.37. The molecule has 0 aliphatic carbocycles. The van der Waals surface area contributed by atoms with Gasteiger partial charge in [-0.15, -0.1) is 5.10 Å². The van der Waals surface area contributed by atoms with E-state index in [0.29, 0.717) is 10.7 Å². The average molecular weight is 246 g/mol. The lowest BCUT2D eigenvalue weighted by Gasteiger charge is -2.02. The number of aromatic nitrogens is 3. The second kappa shape index (κ2) is 4.74. The van der Waals surface area contributed by atoms with Crippen LogP contribution in [-0.2, 0) is 6.54 Å². The Hall–Kier alpha value is -0.380. The van der Waals surface area contributed by atoms with Crippen molar-refractivity contribution in [1.82, 2.24) is 15.0 Å². The Morgan fingerprint density at radius 3 is 2.77 bits per heavy atom. The van der Waals surface area contributed by atoms with Crippen molar-refractivity contribution in [2.75, 3.05) is 0 Å². The first-order valence-electron chi connectivity index (χ1n) is 4.67. The summed E-state index contributed by atoms with van der Waals surface area (Å²) in [6.45, 7) is 7.41. The highest BCUT2D eigenvalue weighted by atomic mass is 79.9. The predicted octanol–water partition coefficient (Wildman–Crippen LogP) is 2.78. The van der Waals surface area contributed by atoms with Crippen LogP contribution >= 0.6 is 15.9 Å². The van der Waals surface area contributed by atoms with Crippen LogP contribution in [0.3, 0.4) is 0 Å². The molecule has 3 nitrogen and oxygen atoms in total. The molecule has 0 bridgehead atoms. The van der Waals surface area contributed by atoms with Crippen LogP contribution in [0.25, 0.3) is 0 Å². The first kappa shape index (κ1) is 10.7. The lowest BCUT2D eigenvalue weighted by molar-refractivity contribution is 0.472. The second-order valence-electron chi connectivity index (χ2n) is 3.64. The van der Waals surface area contributed by atoms with E-state index in [0.717, 1.165) is 18.7 Å². The smallest absolute Gasteiger partial charge is 0.0963 e. The van der Waals surface area contributed by atoms with Crippen molar-refractivity contribution in [3.05, 3.63) is 11.9 Å². The molecular formula is C9H16BrN3. The topological polar surface area (TPSA) is 30.7 Å². The van der Waals surface area contributed by atoms with Gasteiger partial charge >= 0.3 is 0 Å². The number of nitrogens with zero attached hydrogens (tertiary/aromatic N) is 3. The highest BCUT2D eigenvalue weighted by Gasteiger charge is 2.09. The minimum atomic E-state index is 0.341. The summed E-state index contributed by atoms with van der Waals surface area (Å²) in [4.78, 5) is 0.341. The Balaban J connectivity index is 2.63. The van der Waals surface area contributed by atoms with Crippen LogP contribution in [0, 0.1) is 5.92 Å². The Morgan fingerprint density at radius 1 is 1.54 bits per heavy atom. The Kier molecular flexibility index (Phi) is 3.90. The highest BCUT2D eigenvalue weighted by molar-refractivity contribution is 9.09. The van der Waals surface area contributed by atoms with Gasteiger partial charge in [0.15, 0.2) is 0 Å². The van der Waals surface area contributed by atoms with Gasteiger partial charge in [-0.05, 0) is 12.3 Å². The number of hydrogen-bond donors (Lipinski definition) is 0. The maximum absolute atomic E-state index is 4.11. The van der Waals surface area contributed by atoms with Crippen LogP contribution in [-0.4, -0.2) is 15.0 Å². The number of halogens is 1. The van der Waals surface area contributed by atoms with Crippen LogP contribution in [0.15, 0.2) is 6.20 Å². The van der Waals surface area contributed by atoms with Gasteiger partial charge in [-0.2, -0.15) is 0 Å². The predicted molar refractivity (Wildman–Crippen MR) is 56.8 cm³/mol. The van der Waals surface area contributed by atoms with Crippen LogP contribution in [0.4, 0.5) is 0 Å². The molecule has 0 amide bonds. The lowest BCUT2D eigenvalue weighted by Crippen LogP contribution is -2.04. The molecule has 0 radical (unpaired) electrons. The van der Waals surface area contributed by atoms with Crippen LogP contribution in [0.1, 0.15) is 37.7 Å². The van der Waals surface area contributed by atoms with Gasteiger partial charge in [0.25, 0.3) is 0 Å². The third kappa shape index (κ3) is 3.10. The van der Waals surface area contributed by atoms with Crippen molar-refractivity contribution >= 4 is 15.9 Å². The van der Waals surface area contributed by atoms with Gasteiger partial charge in [0.2, 0.25) is 0 Å². The van der Waals surface area contributed by atoms with E-state index in [9.17, 15) is 0 Å². The molecule has 1 aromatic heterocycles. The van der Waals surface area contributed by atoms with Crippen molar-refractivity contribution in [3.63, 3.8) is 0 Å². The monoisotopic (exact) mass is 245 g/mol. The van der Waals surface area contributed by atoms with Gasteiger partial charge in [0, 0.05) is 12.7 Å². The Bertz CT molecular complexity index is 257. The summed E-state index contributed by atoms with van der Waals surface area (Å²) in [6.07, 6.45) is 3.06. The largest absolute Gasteiger partial charge is 0.252 e. The molecule has 74 valence electrons. The van der Waals surface area contributed by atoms with Crippen LogP contribution in [0.5, 0.6) is 0 Å². The molecule has 0 fully saturated rings. The molecule has 1 aromatic rings. The molecule has 0 spiro atoms. The molecule has 1 unspecified atom stereocenters. The summed E-state index contributed by atoms with van der Waals surface area (Å²) >= 11 is 3.55. The summed E-state index contributed by atoms with van der Waals surface area (Å²) in [5.41, 5.74) is 1.03. The fraction of sp³-hybridized carbons (Fsp3) is 0.778. The van der Waals surface area contributed by atoms with E-state index in [1.54, 1.807) is 0 Å². The molecular weight excluding hydrogens is 230 g/mol. The standard InChI is InChI=1S/C9H16BrN3/c1-4-8(10)9-6-13(12-11-9)5-7(2)3/h6-8H,4-5H2,1-3H3. The molecule has 0 aliphatic heterocycles. The van der Waals surface area contributed by atoms with Crippen molar-refractivity contribution in [1.29, 1.82) is 0 Å². The van der Waals surface area contributed by atoms with E-state index in [-0.39, 0.29) is 0 Å². The SMILES string of the molecule is CCC(Br)c1cn(CC(C)C)nn1. The summed E-state index contributed by atoms with van der Waals surface area (Å²) in [5.74, 6) is 0.616. The van der Waals surface area contributed by atoms with E-state index in [1.165, 1.54) is 0 Å².